The molecule has 0 aromatic heterocycles. The van der Waals surface area contributed by atoms with Gasteiger partial charge in [-0.25, -0.2) is 8.42 Å². The number of nitrogens with one attached hydrogen (secondary N) is 1. The molecule has 1 atom stereocenters. The highest BCUT2D eigenvalue weighted by atomic mass is 32.2. The van der Waals surface area contributed by atoms with Crippen LogP contribution in [0.2, 0.25) is 0 Å². The van der Waals surface area contributed by atoms with Crippen molar-refractivity contribution in [2.24, 2.45) is 5.92 Å². The number of likely N-dealkylation sites (tertiary alicyclic amines) is 1. The van der Waals surface area contributed by atoms with Crippen LogP contribution in [-0.2, 0) is 32.6 Å². The lowest BCUT2D eigenvalue weighted by molar-refractivity contribution is -0.128. The minimum atomic E-state index is -3.67. The van der Waals surface area contributed by atoms with E-state index < -0.39 is 15.9 Å². The second kappa shape index (κ2) is 10.8. The molecular weight excluding hydrogens is 462 g/mol. The van der Waals surface area contributed by atoms with Gasteiger partial charge < -0.3 is 10.2 Å². The molecule has 2 amide bonds. The first kappa shape index (κ1) is 24.6. The summed E-state index contributed by atoms with van der Waals surface area (Å²) in [6.45, 7) is 1.22. The average molecular weight is 492 g/mol. The van der Waals surface area contributed by atoms with Gasteiger partial charge in [-0.05, 0) is 41.8 Å². The molecule has 3 aromatic rings. The van der Waals surface area contributed by atoms with Crippen LogP contribution < -0.4 is 5.32 Å². The molecule has 8 heteroatoms. The van der Waals surface area contributed by atoms with Gasteiger partial charge >= 0.3 is 0 Å². The van der Waals surface area contributed by atoms with E-state index in [-0.39, 0.29) is 29.7 Å². The van der Waals surface area contributed by atoms with Crippen LogP contribution >= 0.6 is 0 Å². The van der Waals surface area contributed by atoms with Gasteiger partial charge in [0.1, 0.15) is 0 Å². The van der Waals surface area contributed by atoms with Crippen molar-refractivity contribution in [3.8, 4) is 0 Å². The van der Waals surface area contributed by atoms with Crippen molar-refractivity contribution >= 4 is 27.5 Å². The van der Waals surface area contributed by atoms with Crippen LogP contribution in [0, 0.1) is 5.92 Å². The molecule has 0 unspecified atom stereocenters. The highest BCUT2D eigenvalue weighted by Gasteiger charge is 2.34. The van der Waals surface area contributed by atoms with E-state index in [1.54, 1.807) is 24.1 Å². The van der Waals surface area contributed by atoms with E-state index in [9.17, 15) is 18.0 Å². The van der Waals surface area contributed by atoms with Crippen molar-refractivity contribution < 1.29 is 18.0 Å². The maximum atomic E-state index is 12.9. The molecular formula is C27H29N3O4S. The van der Waals surface area contributed by atoms with Crippen molar-refractivity contribution in [1.29, 1.82) is 0 Å². The molecule has 1 heterocycles. The summed E-state index contributed by atoms with van der Waals surface area (Å²) >= 11 is 0. The number of amides is 2. The number of rotatable bonds is 9. The smallest absolute Gasteiger partial charge is 0.243 e. The van der Waals surface area contributed by atoms with Crippen LogP contribution in [0.1, 0.15) is 17.5 Å². The second-order valence-electron chi connectivity index (χ2n) is 8.74. The molecule has 4 rings (SSSR count). The molecule has 0 saturated carbocycles. The molecule has 1 aliphatic heterocycles. The van der Waals surface area contributed by atoms with Crippen molar-refractivity contribution in [2.45, 2.75) is 24.3 Å². The van der Waals surface area contributed by atoms with Crippen LogP contribution in [0.15, 0.2) is 89.8 Å². The maximum absolute atomic E-state index is 12.9. The lowest BCUT2D eigenvalue weighted by atomic mass is 10.1. The zero-order valence-corrected chi connectivity index (χ0v) is 20.4. The third kappa shape index (κ3) is 6.15. The molecule has 7 nitrogen and oxygen atoms in total. The van der Waals surface area contributed by atoms with Crippen molar-refractivity contribution in [1.82, 2.24) is 9.21 Å². The monoisotopic (exact) mass is 491 g/mol. The van der Waals surface area contributed by atoms with Crippen molar-refractivity contribution in [2.75, 3.05) is 25.5 Å². The number of carbonyl (C=O) groups excluding carboxylic acids is 2. The summed E-state index contributed by atoms with van der Waals surface area (Å²) in [5, 5.41) is 2.82. The fourth-order valence-electron chi connectivity index (χ4n) is 4.13. The number of hydrogen-bond acceptors (Lipinski definition) is 4. The predicted octanol–water partition coefficient (Wildman–Crippen LogP) is 3.54. The summed E-state index contributed by atoms with van der Waals surface area (Å²) in [6, 6.07) is 25.4. The Morgan fingerprint density at radius 1 is 0.943 bits per heavy atom. The molecule has 35 heavy (non-hydrogen) atoms. The van der Waals surface area contributed by atoms with Crippen LogP contribution in [0.5, 0.6) is 0 Å². The number of anilines is 1. The summed E-state index contributed by atoms with van der Waals surface area (Å²) in [5.74, 6) is -0.694. The molecule has 1 saturated heterocycles. The Morgan fingerprint density at radius 3 is 2.17 bits per heavy atom. The van der Waals surface area contributed by atoms with Gasteiger partial charge in [-0.2, -0.15) is 4.31 Å². The molecule has 0 spiro atoms. The molecule has 1 N–H and O–H groups in total. The van der Waals surface area contributed by atoms with Gasteiger partial charge in [0.15, 0.2) is 0 Å². The summed E-state index contributed by atoms with van der Waals surface area (Å²) in [7, 11) is -2.13. The highest BCUT2D eigenvalue weighted by molar-refractivity contribution is 7.89. The quantitative estimate of drug-likeness (QED) is 0.496. The number of hydrogen-bond donors (Lipinski definition) is 1. The lowest BCUT2D eigenvalue weighted by Gasteiger charge is -2.18. The second-order valence-corrected chi connectivity index (χ2v) is 10.8. The molecule has 3 aromatic carbocycles. The third-order valence-electron chi connectivity index (χ3n) is 6.18. The van der Waals surface area contributed by atoms with Gasteiger partial charge in [-0.15, -0.1) is 0 Å². The first-order valence-electron chi connectivity index (χ1n) is 11.6. The number of sulfonamides is 1. The Kier molecular flexibility index (Phi) is 7.63. The Labute approximate surface area is 206 Å². The molecule has 0 aliphatic carbocycles. The fraction of sp³-hybridized carbons (Fsp3) is 0.259. The van der Waals surface area contributed by atoms with Gasteiger partial charge in [-0.3, -0.25) is 9.59 Å². The zero-order valence-electron chi connectivity index (χ0n) is 19.6. The predicted molar refractivity (Wildman–Crippen MR) is 135 cm³/mol. The van der Waals surface area contributed by atoms with E-state index >= 15 is 0 Å². The van der Waals surface area contributed by atoms with E-state index in [0.29, 0.717) is 18.8 Å². The van der Waals surface area contributed by atoms with Crippen LogP contribution in [-0.4, -0.2) is 49.6 Å². The van der Waals surface area contributed by atoms with Gasteiger partial charge in [0, 0.05) is 38.8 Å². The van der Waals surface area contributed by atoms with Gasteiger partial charge in [0.25, 0.3) is 0 Å². The normalized spacial score (nSPS) is 16.0. The third-order valence-corrected chi connectivity index (χ3v) is 7.99. The molecule has 0 radical (unpaired) electrons. The number of carbonyl (C=O) groups is 2. The lowest BCUT2D eigenvalue weighted by Crippen LogP contribution is -2.30. The topological polar surface area (TPSA) is 86.8 Å². The Hall–Kier alpha value is -3.49. The summed E-state index contributed by atoms with van der Waals surface area (Å²) in [4.78, 5) is 27.0. The van der Waals surface area contributed by atoms with E-state index in [1.807, 2.05) is 60.7 Å². The van der Waals surface area contributed by atoms with E-state index in [4.69, 9.17) is 0 Å². The van der Waals surface area contributed by atoms with Crippen LogP contribution in [0.3, 0.4) is 0 Å². The Bertz CT molecular complexity index is 1260. The standard InChI is InChI=1S/C27H29N3O4S/c1-29(19-22-10-6-3-7-11-22)35(33,34)25-14-12-24(13-15-25)28-27(32)23-18-26(31)30(20-23)17-16-21-8-4-2-5-9-21/h2-15,23H,16-20H2,1H3,(H,28,32)/t23-/m0/s1. The summed E-state index contributed by atoms with van der Waals surface area (Å²) in [6.07, 6.45) is 0.924. The Balaban J connectivity index is 1.32. The first-order chi connectivity index (χ1) is 16.8. The van der Waals surface area contributed by atoms with E-state index in [2.05, 4.69) is 5.32 Å². The molecule has 1 fully saturated rings. The van der Waals surface area contributed by atoms with Gasteiger partial charge in [-0.1, -0.05) is 60.7 Å². The first-order valence-corrected chi connectivity index (χ1v) is 13.0. The SMILES string of the molecule is CN(Cc1ccccc1)S(=O)(=O)c1ccc(NC(=O)[C@H]2CC(=O)N(CCc3ccccc3)C2)cc1. The zero-order chi connectivity index (χ0) is 24.8. The highest BCUT2D eigenvalue weighted by Crippen LogP contribution is 2.22. The maximum Gasteiger partial charge on any atom is 0.243 e. The van der Waals surface area contributed by atoms with Gasteiger partial charge in [0.2, 0.25) is 21.8 Å². The molecule has 182 valence electrons. The molecule has 0 bridgehead atoms. The molecule has 1 aliphatic rings. The number of nitrogens with zero attached hydrogens (tertiary/aromatic N) is 2. The van der Waals surface area contributed by atoms with Crippen molar-refractivity contribution in [3.05, 3.63) is 96.1 Å². The van der Waals surface area contributed by atoms with E-state index in [0.717, 1.165) is 17.5 Å². The fourth-order valence-corrected chi connectivity index (χ4v) is 5.29. The minimum Gasteiger partial charge on any atom is -0.342 e. The summed E-state index contributed by atoms with van der Waals surface area (Å²) < 4.78 is 27.1. The van der Waals surface area contributed by atoms with E-state index in [1.165, 1.54) is 16.4 Å². The largest absolute Gasteiger partial charge is 0.342 e. The van der Waals surface area contributed by atoms with Crippen LogP contribution in [0.25, 0.3) is 0 Å². The van der Waals surface area contributed by atoms with Crippen LogP contribution in [0.4, 0.5) is 5.69 Å². The van der Waals surface area contributed by atoms with Crippen molar-refractivity contribution in [3.63, 3.8) is 0 Å². The van der Waals surface area contributed by atoms with Gasteiger partial charge in [0.05, 0.1) is 10.8 Å². The minimum absolute atomic E-state index is 0.0241. The summed E-state index contributed by atoms with van der Waals surface area (Å²) in [5.41, 5.74) is 2.54. The average Bonchev–Trinajstić information content (AvgIpc) is 3.25. The number of benzene rings is 3. The Morgan fingerprint density at radius 2 is 1.54 bits per heavy atom.